The van der Waals surface area contributed by atoms with Gasteiger partial charge in [-0.25, -0.2) is 0 Å². The lowest BCUT2D eigenvalue weighted by Crippen LogP contribution is -2.13. The first-order chi connectivity index (χ1) is 7.24. The van der Waals surface area contributed by atoms with Gasteiger partial charge in [0.05, 0.1) is 5.69 Å². The van der Waals surface area contributed by atoms with E-state index in [1.54, 1.807) is 0 Å². The van der Waals surface area contributed by atoms with Gasteiger partial charge in [-0.2, -0.15) is 5.10 Å². The summed E-state index contributed by atoms with van der Waals surface area (Å²) in [5, 5.41) is 4.65. The van der Waals surface area contributed by atoms with Gasteiger partial charge in [0.1, 0.15) is 0 Å². The van der Waals surface area contributed by atoms with Crippen LogP contribution in [0.1, 0.15) is 51.9 Å². The third-order valence-corrected chi connectivity index (χ3v) is 3.22. The number of aromatic nitrogens is 2. The second kappa shape index (κ2) is 5.94. The molecule has 2 heteroatoms. The fourth-order valence-corrected chi connectivity index (χ4v) is 1.92. The van der Waals surface area contributed by atoms with E-state index in [0.29, 0.717) is 0 Å². The molecule has 0 aromatic carbocycles. The Morgan fingerprint density at radius 2 is 1.80 bits per heavy atom. The third kappa shape index (κ3) is 3.08. The third-order valence-electron chi connectivity index (χ3n) is 3.22. The minimum atomic E-state index is 0.778. The van der Waals surface area contributed by atoms with Crippen LogP contribution in [0.3, 0.4) is 0 Å². The molecule has 15 heavy (non-hydrogen) atoms. The zero-order chi connectivity index (χ0) is 11.3. The van der Waals surface area contributed by atoms with Crippen LogP contribution in [0.4, 0.5) is 0 Å². The Kier molecular flexibility index (Phi) is 4.86. The lowest BCUT2D eigenvalue weighted by Gasteiger charge is -2.14. The summed E-state index contributed by atoms with van der Waals surface area (Å²) in [6.07, 6.45) is 4.64. The molecule has 0 unspecified atom stereocenters. The largest absolute Gasteiger partial charge is 0.269 e. The molecule has 1 aromatic heterocycles. The molecule has 0 bridgehead atoms. The quantitative estimate of drug-likeness (QED) is 0.700. The molecule has 0 aliphatic rings. The molecule has 0 atom stereocenters. The zero-order valence-corrected chi connectivity index (χ0v) is 10.6. The Balaban J connectivity index is 2.77. The van der Waals surface area contributed by atoms with Crippen LogP contribution in [0.25, 0.3) is 0 Å². The Hall–Kier alpha value is -0.790. The highest BCUT2D eigenvalue weighted by molar-refractivity contribution is 5.10. The Labute approximate surface area is 93.7 Å². The van der Waals surface area contributed by atoms with Crippen molar-refractivity contribution in [3.8, 4) is 0 Å². The Morgan fingerprint density at radius 1 is 1.13 bits per heavy atom. The van der Waals surface area contributed by atoms with Crippen LogP contribution in [0.5, 0.6) is 0 Å². The summed E-state index contributed by atoms with van der Waals surface area (Å²) in [6.45, 7) is 10.0. The van der Waals surface area contributed by atoms with E-state index >= 15 is 0 Å². The second-order valence-corrected chi connectivity index (χ2v) is 4.20. The Bertz CT molecular complexity index is 285. The van der Waals surface area contributed by atoms with Crippen molar-refractivity contribution in [3.05, 3.63) is 17.5 Å². The summed E-state index contributed by atoms with van der Waals surface area (Å²) in [7, 11) is 0. The molecule has 1 aromatic rings. The standard InChI is InChI=1S/C13H24N2/c1-5-11(6-2)10-15-13(8-4)9-12(7-3)14-15/h9,11H,5-8,10H2,1-4H3. The van der Waals surface area contributed by atoms with Crippen molar-refractivity contribution in [2.45, 2.75) is 59.9 Å². The van der Waals surface area contributed by atoms with Crippen molar-refractivity contribution in [1.29, 1.82) is 0 Å². The molecule has 0 fully saturated rings. The van der Waals surface area contributed by atoms with Crippen LogP contribution < -0.4 is 0 Å². The summed E-state index contributed by atoms with van der Waals surface area (Å²) >= 11 is 0. The number of aryl methyl sites for hydroxylation is 2. The van der Waals surface area contributed by atoms with Crippen molar-refractivity contribution in [1.82, 2.24) is 9.78 Å². The number of rotatable bonds is 6. The van der Waals surface area contributed by atoms with Gasteiger partial charge in [0.25, 0.3) is 0 Å². The van der Waals surface area contributed by atoms with Gasteiger partial charge in [-0.05, 0) is 24.8 Å². The van der Waals surface area contributed by atoms with E-state index in [9.17, 15) is 0 Å². The SMILES string of the molecule is CCc1cc(CC)n(CC(CC)CC)n1. The highest BCUT2D eigenvalue weighted by atomic mass is 15.3. The fourth-order valence-electron chi connectivity index (χ4n) is 1.92. The van der Waals surface area contributed by atoms with Gasteiger partial charge in [0.2, 0.25) is 0 Å². The van der Waals surface area contributed by atoms with E-state index in [4.69, 9.17) is 0 Å². The van der Waals surface area contributed by atoms with Crippen molar-refractivity contribution in [2.24, 2.45) is 5.92 Å². The van der Waals surface area contributed by atoms with Crippen molar-refractivity contribution in [3.63, 3.8) is 0 Å². The first-order valence-corrected chi connectivity index (χ1v) is 6.30. The molecule has 0 aliphatic heterocycles. The van der Waals surface area contributed by atoms with Crippen molar-refractivity contribution in [2.75, 3.05) is 0 Å². The summed E-state index contributed by atoms with van der Waals surface area (Å²) in [4.78, 5) is 0. The van der Waals surface area contributed by atoms with Gasteiger partial charge in [0.15, 0.2) is 0 Å². The van der Waals surface area contributed by atoms with Crippen LogP contribution in [-0.4, -0.2) is 9.78 Å². The monoisotopic (exact) mass is 208 g/mol. The van der Waals surface area contributed by atoms with Gasteiger partial charge in [-0.1, -0.05) is 40.5 Å². The smallest absolute Gasteiger partial charge is 0.0624 e. The molecule has 0 spiro atoms. The minimum Gasteiger partial charge on any atom is -0.269 e. The maximum absolute atomic E-state index is 4.65. The molecule has 0 saturated carbocycles. The number of nitrogens with zero attached hydrogens (tertiary/aromatic N) is 2. The van der Waals surface area contributed by atoms with Gasteiger partial charge >= 0.3 is 0 Å². The van der Waals surface area contributed by atoms with E-state index in [1.165, 1.54) is 24.2 Å². The lowest BCUT2D eigenvalue weighted by molar-refractivity contribution is 0.387. The van der Waals surface area contributed by atoms with Crippen LogP contribution >= 0.6 is 0 Å². The number of hydrogen-bond donors (Lipinski definition) is 0. The topological polar surface area (TPSA) is 17.8 Å². The highest BCUT2D eigenvalue weighted by Crippen LogP contribution is 2.14. The van der Waals surface area contributed by atoms with Crippen LogP contribution in [0, 0.1) is 5.92 Å². The molecular weight excluding hydrogens is 184 g/mol. The lowest BCUT2D eigenvalue weighted by atomic mass is 10.0. The first kappa shape index (κ1) is 12.3. The van der Waals surface area contributed by atoms with E-state index in [-0.39, 0.29) is 0 Å². The number of hydrogen-bond acceptors (Lipinski definition) is 1. The van der Waals surface area contributed by atoms with Crippen LogP contribution in [0.15, 0.2) is 6.07 Å². The summed E-state index contributed by atoms with van der Waals surface area (Å²) in [6, 6.07) is 2.25. The van der Waals surface area contributed by atoms with E-state index < -0.39 is 0 Å². The van der Waals surface area contributed by atoms with Crippen molar-refractivity contribution >= 4 is 0 Å². The van der Waals surface area contributed by atoms with Crippen LogP contribution in [-0.2, 0) is 19.4 Å². The first-order valence-electron chi connectivity index (χ1n) is 6.30. The molecule has 1 heterocycles. The predicted molar refractivity (Wildman–Crippen MR) is 65.1 cm³/mol. The molecule has 0 saturated heterocycles. The molecule has 0 radical (unpaired) electrons. The highest BCUT2D eigenvalue weighted by Gasteiger charge is 2.09. The van der Waals surface area contributed by atoms with E-state index in [2.05, 4.69) is 43.5 Å². The molecule has 0 amide bonds. The van der Waals surface area contributed by atoms with E-state index in [1.807, 2.05) is 0 Å². The average Bonchev–Trinajstić information content (AvgIpc) is 2.68. The molecule has 0 N–H and O–H groups in total. The minimum absolute atomic E-state index is 0.778. The van der Waals surface area contributed by atoms with Gasteiger partial charge in [0, 0.05) is 12.2 Å². The fraction of sp³-hybridized carbons (Fsp3) is 0.769. The summed E-state index contributed by atoms with van der Waals surface area (Å²) in [5.41, 5.74) is 2.62. The molecule has 0 aliphatic carbocycles. The van der Waals surface area contributed by atoms with Gasteiger partial charge < -0.3 is 0 Å². The second-order valence-electron chi connectivity index (χ2n) is 4.20. The molecule has 86 valence electrons. The normalized spacial score (nSPS) is 11.3. The zero-order valence-electron chi connectivity index (χ0n) is 10.6. The maximum atomic E-state index is 4.65. The average molecular weight is 208 g/mol. The van der Waals surface area contributed by atoms with Crippen molar-refractivity contribution < 1.29 is 0 Å². The van der Waals surface area contributed by atoms with Gasteiger partial charge in [-0.15, -0.1) is 0 Å². The Morgan fingerprint density at radius 3 is 2.27 bits per heavy atom. The summed E-state index contributed by atoms with van der Waals surface area (Å²) in [5.74, 6) is 0.778. The molecule has 1 rings (SSSR count). The molecule has 2 nitrogen and oxygen atoms in total. The van der Waals surface area contributed by atoms with E-state index in [0.717, 1.165) is 25.3 Å². The maximum Gasteiger partial charge on any atom is 0.0624 e. The predicted octanol–water partition coefficient (Wildman–Crippen LogP) is 3.44. The summed E-state index contributed by atoms with van der Waals surface area (Å²) < 4.78 is 2.22. The van der Waals surface area contributed by atoms with Gasteiger partial charge in [-0.3, -0.25) is 4.68 Å². The molecular formula is C13H24N2. The van der Waals surface area contributed by atoms with Crippen LogP contribution in [0.2, 0.25) is 0 Å².